The lowest BCUT2D eigenvalue weighted by Crippen LogP contribution is -2.52. The zero-order valence-corrected chi connectivity index (χ0v) is 12.1. The predicted octanol–water partition coefficient (Wildman–Crippen LogP) is 2.50. The molecular formula is C15H21F2NO2. The molecule has 1 aliphatic rings. The maximum absolute atomic E-state index is 13.6. The molecule has 0 bridgehead atoms. The fourth-order valence-corrected chi connectivity index (χ4v) is 2.84. The van der Waals surface area contributed by atoms with E-state index in [1.807, 2.05) is 25.7 Å². The zero-order chi connectivity index (χ0) is 14.9. The van der Waals surface area contributed by atoms with Gasteiger partial charge in [-0.2, -0.15) is 0 Å². The second-order valence-electron chi connectivity index (χ2n) is 6.06. The van der Waals surface area contributed by atoms with Crippen LogP contribution < -0.4 is 0 Å². The molecule has 0 unspecified atom stereocenters. The third-order valence-corrected chi connectivity index (χ3v) is 3.39. The number of aliphatic hydroxyl groups is 1. The van der Waals surface area contributed by atoms with Crippen LogP contribution in [0.3, 0.4) is 0 Å². The van der Waals surface area contributed by atoms with Crippen LogP contribution in [0.2, 0.25) is 0 Å². The highest BCUT2D eigenvalue weighted by Gasteiger charge is 2.32. The van der Waals surface area contributed by atoms with Gasteiger partial charge < -0.3 is 9.84 Å². The molecule has 1 saturated heterocycles. The van der Waals surface area contributed by atoms with E-state index in [4.69, 9.17) is 4.74 Å². The number of ether oxygens (including phenoxy) is 1. The van der Waals surface area contributed by atoms with Crippen molar-refractivity contribution in [1.82, 2.24) is 4.90 Å². The lowest BCUT2D eigenvalue weighted by Gasteiger charge is -2.42. The quantitative estimate of drug-likeness (QED) is 0.926. The Labute approximate surface area is 118 Å². The van der Waals surface area contributed by atoms with E-state index in [0.717, 1.165) is 18.2 Å². The van der Waals surface area contributed by atoms with Crippen LogP contribution in [0.25, 0.3) is 0 Å². The zero-order valence-electron chi connectivity index (χ0n) is 12.1. The molecule has 0 aromatic heterocycles. The topological polar surface area (TPSA) is 32.7 Å². The van der Waals surface area contributed by atoms with Gasteiger partial charge in [-0.05, 0) is 39.0 Å². The normalized spacial score (nSPS) is 24.6. The SMILES string of the molecule is C[C@@H]1CN(C[C@@H](O)c2cc(F)ccc2F)CC(C)(C)O1. The first-order chi connectivity index (χ1) is 9.27. The van der Waals surface area contributed by atoms with Crippen LogP contribution >= 0.6 is 0 Å². The van der Waals surface area contributed by atoms with Gasteiger partial charge in [-0.15, -0.1) is 0 Å². The van der Waals surface area contributed by atoms with Crippen LogP contribution in [0.15, 0.2) is 18.2 Å². The Bertz CT molecular complexity index is 479. The molecule has 20 heavy (non-hydrogen) atoms. The Morgan fingerprint density at radius 1 is 1.45 bits per heavy atom. The molecule has 2 atom stereocenters. The predicted molar refractivity (Wildman–Crippen MR) is 72.4 cm³/mol. The van der Waals surface area contributed by atoms with E-state index in [1.54, 1.807) is 0 Å². The van der Waals surface area contributed by atoms with Crippen LogP contribution in [0.4, 0.5) is 8.78 Å². The van der Waals surface area contributed by atoms with Crippen molar-refractivity contribution in [2.45, 2.75) is 38.6 Å². The van der Waals surface area contributed by atoms with E-state index >= 15 is 0 Å². The van der Waals surface area contributed by atoms with E-state index in [-0.39, 0.29) is 23.8 Å². The average Bonchev–Trinajstić information content (AvgIpc) is 2.29. The van der Waals surface area contributed by atoms with Gasteiger partial charge in [-0.25, -0.2) is 8.78 Å². The van der Waals surface area contributed by atoms with Crippen LogP contribution in [0.5, 0.6) is 0 Å². The summed E-state index contributed by atoms with van der Waals surface area (Å²) in [6, 6.07) is 3.14. The summed E-state index contributed by atoms with van der Waals surface area (Å²) in [5.74, 6) is -1.13. The lowest BCUT2D eigenvalue weighted by atomic mass is 10.0. The van der Waals surface area contributed by atoms with Gasteiger partial charge in [0.1, 0.15) is 11.6 Å². The van der Waals surface area contributed by atoms with Crippen LogP contribution in [0, 0.1) is 11.6 Å². The van der Waals surface area contributed by atoms with Crippen molar-refractivity contribution in [2.24, 2.45) is 0 Å². The molecule has 1 heterocycles. The van der Waals surface area contributed by atoms with Crippen LogP contribution in [-0.2, 0) is 4.74 Å². The summed E-state index contributed by atoms with van der Waals surface area (Å²) in [6.45, 7) is 7.49. The minimum Gasteiger partial charge on any atom is -0.387 e. The maximum Gasteiger partial charge on any atom is 0.129 e. The highest BCUT2D eigenvalue weighted by atomic mass is 19.1. The largest absolute Gasteiger partial charge is 0.387 e. The summed E-state index contributed by atoms with van der Waals surface area (Å²) in [5.41, 5.74) is -0.306. The first kappa shape index (κ1) is 15.4. The summed E-state index contributed by atoms with van der Waals surface area (Å²) in [6.07, 6.45) is -1.00. The van der Waals surface area contributed by atoms with Crippen molar-refractivity contribution in [1.29, 1.82) is 0 Å². The maximum atomic E-state index is 13.6. The third-order valence-electron chi connectivity index (χ3n) is 3.39. The van der Waals surface area contributed by atoms with Gasteiger partial charge in [0.25, 0.3) is 0 Å². The molecule has 2 rings (SSSR count). The van der Waals surface area contributed by atoms with Gasteiger partial charge in [-0.1, -0.05) is 0 Å². The molecule has 0 radical (unpaired) electrons. The molecule has 3 nitrogen and oxygen atoms in total. The molecule has 1 aromatic rings. The standard InChI is InChI=1S/C15H21F2NO2/c1-10-7-18(9-15(2,3)20-10)8-14(19)12-6-11(16)4-5-13(12)17/h4-6,10,14,19H,7-9H2,1-3H3/t10-,14-/m1/s1. The van der Waals surface area contributed by atoms with Gasteiger partial charge in [0.15, 0.2) is 0 Å². The first-order valence-electron chi connectivity index (χ1n) is 6.80. The van der Waals surface area contributed by atoms with Crippen molar-refractivity contribution < 1.29 is 18.6 Å². The second kappa shape index (κ2) is 5.76. The van der Waals surface area contributed by atoms with Gasteiger partial charge in [-0.3, -0.25) is 4.90 Å². The van der Waals surface area contributed by atoms with Crippen molar-refractivity contribution >= 4 is 0 Å². The van der Waals surface area contributed by atoms with Crippen molar-refractivity contribution in [2.75, 3.05) is 19.6 Å². The number of nitrogens with zero attached hydrogens (tertiary/aromatic N) is 1. The number of rotatable bonds is 3. The highest BCUT2D eigenvalue weighted by molar-refractivity contribution is 5.21. The van der Waals surface area contributed by atoms with Crippen molar-refractivity contribution in [3.8, 4) is 0 Å². The summed E-state index contributed by atoms with van der Waals surface area (Å²) in [5, 5.41) is 10.1. The number of β-amino-alcohol motifs (C(OH)–C–C–N with tert-alkyl or cyclic N) is 1. The van der Waals surface area contributed by atoms with E-state index in [0.29, 0.717) is 13.1 Å². The number of hydrogen-bond acceptors (Lipinski definition) is 3. The minimum absolute atomic E-state index is 0.00181. The number of morpholine rings is 1. The minimum atomic E-state index is -1.05. The van der Waals surface area contributed by atoms with Gasteiger partial charge in [0.2, 0.25) is 0 Å². The average molecular weight is 285 g/mol. The molecule has 0 spiro atoms. The Morgan fingerprint density at radius 3 is 2.80 bits per heavy atom. The third kappa shape index (κ3) is 3.75. The molecule has 112 valence electrons. The van der Waals surface area contributed by atoms with E-state index < -0.39 is 17.7 Å². The fraction of sp³-hybridized carbons (Fsp3) is 0.600. The second-order valence-corrected chi connectivity index (χ2v) is 6.06. The fourth-order valence-electron chi connectivity index (χ4n) is 2.84. The van der Waals surface area contributed by atoms with E-state index in [9.17, 15) is 13.9 Å². The lowest BCUT2D eigenvalue weighted by molar-refractivity contribution is -0.134. The molecule has 1 fully saturated rings. The number of aliphatic hydroxyl groups excluding tert-OH is 1. The molecular weight excluding hydrogens is 264 g/mol. The van der Waals surface area contributed by atoms with Gasteiger partial charge in [0, 0.05) is 25.2 Å². The van der Waals surface area contributed by atoms with Gasteiger partial charge >= 0.3 is 0 Å². The van der Waals surface area contributed by atoms with Crippen molar-refractivity contribution in [3.63, 3.8) is 0 Å². The van der Waals surface area contributed by atoms with Crippen molar-refractivity contribution in [3.05, 3.63) is 35.4 Å². The number of halogens is 2. The molecule has 1 aliphatic heterocycles. The van der Waals surface area contributed by atoms with Crippen LogP contribution in [0.1, 0.15) is 32.4 Å². The Morgan fingerprint density at radius 2 is 2.15 bits per heavy atom. The molecule has 0 saturated carbocycles. The molecule has 0 amide bonds. The van der Waals surface area contributed by atoms with Crippen LogP contribution in [-0.4, -0.2) is 41.3 Å². The summed E-state index contributed by atoms with van der Waals surface area (Å²) < 4.78 is 32.6. The molecule has 0 aliphatic carbocycles. The van der Waals surface area contributed by atoms with E-state index in [2.05, 4.69) is 0 Å². The number of hydrogen-bond donors (Lipinski definition) is 1. The summed E-state index contributed by atoms with van der Waals surface area (Å²) >= 11 is 0. The monoisotopic (exact) mass is 285 g/mol. The summed E-state index contributed by atoms with van der Waals surface area (Å²) in [4.78, 5) is 2.02. The molecule has 1 N–H and O–H groups in total. The Kier molecular flexibility index (Phi) is 4.42. The smallest absolute Gasteiger partial charge is 0.129 e. The summed E-state index contributed by atoms with van der Waals surface area (Å²) in [7, 11) is 0. The number of benzene rings is 1. The first-order valence-corrected chi connectivity index (χ1v) is 6.80. The molecule has 5 heteroatoms. The van der Waals surface area contributed by atoms with Gasteiger partial charge in [0.05, 0.1) is 17.8 Å². The van der Waals surface area contributed by atoms with E-state index in [1.165, 1.54) is 0 Å². The Hall–Kier alpha value is -1.04. The highest BCUT2D eigenvalue weighted by Crippen LogP contribution is 2.24. The molecule has 1 aromatic carbocycles. The Balaban J connectivity index is 2.07.